The SMILES string of the molecule is C=CSC(=C(C)C)c1ccc(C(C)NC=O)cc1. The van der Waals surface area contributed by atoms with Gasteiger partial charge >= 0.3 is 0 Å². The zero-order valence-electron chi connectivity index (χ0n) is 11.1. The van der Waals surface area contributed by atoms with E-state index in [1.807, 2.05) is 24.5 Å². The fraction of sp³-hybridized carbons (Fsp3) is 0.267. The van der Waals surface area contributed by atoms with Crippen LogP contribution in [0.25, 0.3) is 4.91 Å². The lowest BCUT2D eigenvalue weighted by Crippen LogP contribution is -2.15. The Balaban J connectivity index is 2.97. The Kier molecular flexibility index (Phi) is 5.72. The predicted molar refractivity (Wildman–Crippen MR) is 80.1 cm³/mol. The van der Waals surface area contributed by atoms with E-state index in [0.717, 1.165) is 12.0 Å². The van der Waals surface area contributed by atoms with Crippen LogP contribution in [-0.4, -0.2) is 6.41 Å². The van der Waals surface area contributed by atoms with Crippen molar-refractivity contribution >= 4 is 23.1 Å². The molecule has 1 N–H and O–H groups in total. The molecule has 0 saturated heterocycles. The molecular weight excluding hydrogens is 242 g/mol. The van der Waals surface area contributed by atoms with Gasteiger partial charge in [0.1, 0.15) is 0 Å². The van der Waals surface area contributed by atoms with Gasteiger partial charge in [-0.05, 0) is 37.3 Å². The third kappa shape index (κ3) is 3.77. The topological polar surface area (TPSA) is 29.1 Å². The van der Waals surface area contributed by atoms with Crippen molar-refractivity contribution in [3.05, 3.63) is 53.0 Å². The van der Waals surface area contributed by atoms with Gasteiger partial charge in [-0.3, -0.25) is 4.79 Å². The van der Waals surface area contributed by atoms with Gasteiger partial charge in [0.15, 0.2) is 0 Å². The van der Waals surface area contributed by atoms with Gasteiger partial charge in [-0.15, -0.1) is 0 Å². The summed E-state index contributed by atoms with van der Waals surface area (Å²) >= 11 is 1.63. The zero-order valence-corrected chi connectivity index (χ0v) is 11.9. The van der Waals surface area contributed by atoms with Crippen molar-refractivity contribution in [2.24, 2.45) is 0 Å². The first kappa shape index (κ1) is 14.6. The Morgan fingerprint density at radius 3 is 2.39 bits per heavy atom. The number of amides is 1. The molecule has 1 aromatic carbocycles. The molecule has 1 amide bonds. The Hall–Kier alpha value is -1.48. The standard InChI is InChI=1S/C15H19NOS/c1-5-18-15(11(2)3)14-8-6-13(7-9-14)12(4)16-10-17/h5-10,12H,1H2,2-4H3,(H,16,17). The molecule has 0 aromatic heterocycles. The number of nitrogens with one attached hydrogen (secondary N) is 1. The van der Waals surface area contributed by atoms with Crippen molar-refractivity contribution in [2.75, 3.05) is 0 Å². The molecule has 3 heteroatoms. The number of rotatable bonds is 6. The highest BCUT2D eigenvalue weighted by molar-refractivity contribution is 8.10. The predicted octanol–water partition coefficient (Wildman–Crippen LogP) is 4.12. The van der Waals surface area contributed by atoms with Gasteiger partial charge in [0, 0.05) is 4.91 Å². The summed E-state index contributed by atoms with van der Waals surface area (Å²) in [4.78, 5) is 11.6. The normalized spacial score (nSPS) is 11.5. The van der Waals surface area contributed by atoms with Crippen LogP contribution in [0.2, 0.25) is 0 Å². The summed E-state index contributed by atoms with van der Waals surface area (Å²) in [7, 11) is 0. The molecule has 1 rings (SSSR count). The molecule has 0 aliphatic rings. The van der Waals surface area contributed by atoms with E-state index in [1.165, 1.54) is 16.0 Å². The molecular formula is C15H19NOS. The minimum absolute atomic E-state index is 0.0405. The minimum Gasteiger partial charge on any atom is -0.352 e. The Morgan fingerprint density at radius 2 is 1.94 bits per heavy atom. The van der Waals surface area contributed by atoms with E-state index >= 15 is 0 Å². The lowest BCUT2D eigenvalue weighted by Gasteiger charge is -2.12. The van der Waals surface area contributed by atoms with E-state index in [4.69, 9.17) is 0 Å². The van der Waals surface area contributed by atoms with Crippen molar-refractivity contribution in [3.8, 4) is 0 Å². The second-order valence-electron chi connectivity index (χ2n) is 4.24. The molecule has 0 spiro atoms. The summed E-state index contributed by atoms with van der Waals surface area (Å²) < 4.78 is 0. The Morgan fingerprint density at radius 1 is 1.33 bits per heavy atom. The van der Waals surface area contributed by atoms with Gasteiger partial charge in [-0.1, -0.05) is 48.2 Å². The summed E-state index contributed by atoms with van der Waals surface area (Å²) in [5.41, 5.74) is 3.55. The summed E-state index contributed by atoms with van der Waals surface area (Å²) in [6.07, 6.45) is 0.730. The first-order valence-corrected chi connectivity index (χ1v) is 6.73. The van der Waals surface area contributed by atoms with Crippen LogP contribution >= 0.6 is 11.8 Å². The van der Waals surface area contributed by atoms with E-state index in [9.17, 15) is 4.79 Å². The van der Waals surface area contributed by atoms with E-state index in [-0.39, 0.29) is 6.04 Å². The summed E-state index contributed by atoms with van der Waals surface area (Å²) in [6, 6.07) is 8.29. The van der Waals surface area contributed by atoms with Crippen LogP contribution in [0, 0.1) is 0 Å². The third-order valence-corrected chi connectivity index (χ3v) is 3.69. The van der Waals surface area contributed by atoms with Crippen LogP contribution in [0.5, 0.6) is 0 Å². The smallest absolute Gasteiger partial charge is 0.207 e. The number of benzene rings is 1. The van der Waals surface area contributed by atoms with Crippen LogP contribution in [-0.2, 0) is 4.79 Å². The third-order valence-electron chi connectivity index (χ3n) is 2.65. The van der Waals surface area contributed by atoms with Gasteiger partial charge in [-0.2, -0.15) is 0 Å². The quantitative estimate of drug-likeness (QED) is 0.780. The molecule has 1 atom stereocenters. The average molecular weight is 261 g/mol. The van der Waals surface area contributed by atoms with Crippen LogP contribution in [0.15, 0.2) is 41.8 Å². The maximum atomic E-state index is 10.4. The molecule has 1 unspecified atom stereocenters. The number of hydrogen-bond acceptors (Lipinski definition) is 2. The van der Waals surface area contributed by atoms with Crippen LogP contribution in [0.1, 0.15) is 37.9 Å². The molecule has 0 radical (unpaired) electrons. The molecule has 96 valence electrons. The molecule has 2 nitrogen and oxygen atoms in total. The maximum Gasteiger partial charge on any atom is 0.207 e. The molecule has 18 heavy (non-hydrogen) atoms. The Bertz CT molecular complexity index is 444. The maximum absolute atomic E-state index is 10.4. The molecule has 0 aliphatic carbocycles. The van der Waals surface area contributed by atoms with Crippen LogP contribution in [0.3, 0.4) is 0 Å². The van der Waals surface area contributed by atoms with Gasteiger partial charge in [-0.25, -0.2) is 0 Å². The molecule has 0 aliphatic heterocycles. The van der Waals surface area contributed by atoms with E-state index in [2.05, 4.69) is 37.9 Å². The average Bonchev–Trinajstić information content (AvgIpc) is 2.36. The van der Waals surface area contributed by atoms with E-state index in [1.54, 1.807) is 11.8 Å². The summed E-state index contributed by atoms with van der Waals surface area (Å²) in [5.74, 6) is 0. The largest absolute Gasteiger partial charge is 0.352 e. The minimum atomic E-state index is 0.0405. The highest BCUT2D eigenvalue weighted by Gasteiger charge is 2.06. The van der Waals surface area contributed by atoms with Gasteiger partial charge in [0.25, 0.3) is 0 Å². The van der Waals surface area contributed by atoms with Crippen LogP contribution < -0.4 is 5.32 Å². The number of carbonyl (C=O) groups excluding carboxylic acids is 1. The first-order chi connectivity index (χ1) is 8.60. The van der Waals surface area contributed by atoms with E-state index in [0.29, 0.717) is 0 Å². The Labute approximate surface area is 113 Å². The monoisotopic (exact) mass is 261 g/mol. The summed E-state index contributed by atoms with van der Waals surface area (Å²) in [6.45, 7) is 9.91. The van der Waals surface area contributed by atoms with Gasteiger partial charge in [0.05, 0.1) is 6.04 Å². The molecule has 0 saturated carbocycles. The number of thioether (sulfide) groups is 1. The molecule has 0 fully saturated rings. The molecule has 0 bridgehead atoms. The van der Waals surface area contributed by atoms with Crippen molar-refractivity contribution in [3.63, 3.8) is 0 Å². The van der Waals surface area contributed by atoms with Crippen molar-refractivity contribution in [1.29, 1.82) is 0 Å². The number of allylic oxidation sites excluding steroid dienone is 1. The molecule has 1 aromatic rings. The fourth-order valence-corrected chi connectivity index (χ4v) is 2.35. The van der Waals surface area contributed by atoms with Crippen molar-refractivity contribution in [1.82, 2.24) is 5.32 Å². The van der Waals surface area contributed by atoms with Gasteiger partial charge < -0.3 is 5.32 Å². The molecule has 0 heterocycles. The van der Waals surface area contributed by atoms with Gasteiger partial charge in [0.2, 0.25) is 6.41 Å². The van der Waals surface area contributed by atoms with E-state index < -0.39 is 0 Å². The lowest BCUT2D eigenvalue weighted by molar-refractivity contribution is -0.110. The van der Waals surface area contributed by atoms with Crippen LogP contribution in [0.4, 0.5) is 0 Å². The second kappa shape index (κ2) is 7.07. The highest BCUT2D eigenvalue weighted by Crippen LogP contribution is 2.31. The van der Waals surface area contributed by atoms with Crippen molar-refractivity contribution < 1.29 is 4.79 Å². The number of hydrogen-bond donors (Lipinski definition) is 1. The summed E-state index contributed by atoms with van der Waals surface area (Å²) in [5, 5.41) is 4.58. The van der Waals surface area contributed by atoms with Crippen molar-refractivity contribution in [2.45, 2.75) is 26.8 Å². The zero-order chi connectivity index (χ0) is 13.5. The first-order valence-electron chi connectivity index (χ1n) is 5.85. The fourth-order valence-electron chi connectivity index (χ4n) is 1.68. The number of carbonyl (C=O) groups is 1. The highest BCUT2D eigenvalue weighted by atomic mass is 32.2. The second-order valence-corrected chi connectivity index (χ2v) is 5.22. The lowest BCUT2D eigenvalue weighted by atomic mass is 10.0.